The molecule has 0 fully saturated rings. The number of nitrogens with one attached hydrogen (secondary N) is 1. The van der Waals surface area contributed by atoms with Crippen molar-refractivity contribution in [2.45, 2.75) is 13.3 Å². The first-order valence-electron chi connectivity index (χ1n) is 7.54. The highest BCUT2D eigenvalue weighted by Crippen LogP contribution is 2.35. The van der Waals surface area contributed by atoms with Gasteiger partial charge in [0.1, 0.15) is 5.65 Å². The number of anilines is 2. The fraction of sp³-hybridized carbons (Fsp3) is 0.188. The summed E-state index contributed by atoms with van der Waals surface area (Å²) in [6, 6.07) is 2.31. The number of sulfonamides is 1. The Morgan fingerprint density at radius 2 is 1.85 bits per heavy atom. The maximum Gasteiger partial charge on any atom is 0.239 e. The number of hydrogen-bond donors (Lipinski definition) is 1. The minimum atomic E-state index is -4.06. The SMILES string of the molecule is CCCS(=O)(=O)N(c1cnc2[nH]cc(Br)c2c1)c1cc(F)c(F)cc1F. The molecule has 138 valence electrons. The van der Waals surface area contributed by atoms with E-state index in [1.54, 1.807) is 13.1 Å². The number of nitrogens with zero attached hydrogens (tertiary/aromatic N) is 2. The van der Waals surface area contributed by atoms with E-state index in [1.165, 1.54) is 12.3 Å². The van der Waals surface area contributed by atoms with Crippen LogP contribution in [0.1, 0.15) is 13.3 Å². The number of aromatic nitrogens is 2. The molecule has 2 heterocycles. The number of aromatic amines is 1. The summed E-state index contributed by atoms with van der Waals surface area (Å²) in [5, 5.41) is 0.558. The molecule has 10 heteroatoms. The summed E-state index contributed by atoms with van der Waals surface area (Å²) in [4.78, 5) is 6.99. The molecule has 3 aromatic rings. The van der Waals surface area contributed by atoms with Crippen LogP contribution in [0.15, 0.2) is 35.1 Å². The van der Waals surface area contributed by atoms with Crippen LogP contribution in [0.4, 0.5) is 24.5 Å². The van der Waals surface area contributed by atoms with Gasteiger partial charge in [0.05, 0.1) is 23.3 Å². The van der Waals surface area contributed by atoms with E-state index in [-0.39, 0.29) is 17.9 Å². The smallest absolute Gasteiger partial charge is 0.239 e. The predicted molar refractivity (Wildman–Crippen MR) is 96.3 cm³/mol. The third kappa shape index (κ3) is 3.30. The topological polar surface area (TPSA) is 66.1 Å². The fourth-order valence-electron chi connectivity index (χ4n) is 2.54. The molecule has 0 aliphatic carbocycles. The number of hydrogen-bond acceptors (Lipinski definition) is 3. The molecular formula is C16H13BrF3N3O2S. The standard InChI is InChI=1S/C16H13BrF3N3O2S/c1-2-3-26(24,25)23(15-6-13(19)12(18)5-14(15)20)9-4-10-11(17)8-22-16(10)21-7-9/h4-8H,2-3H2,1H3,(H,21,22). The molecule has 5 nitrogen and oxygen atoms in total. The Morgan fingerprint density at radius 3 is 2.54 bits per heavy atom. The molecule has 0 aliphatic rings. The second-order valence-electron chi connectivity index (χ2n) is 5.52. The molecule has 1 N–H and O–H groups in total. The van der Waals surface area contributed by atoms with Gasteiger partial charge in [-0.3, -0.25) is 0 Å². The zero-order valence-corrected chi connectivity index (χ0v) is 15.8. The van der Waals surface area contributed by atoms with Crippen molar-refractivity contribution in [3.8, 4) is 0 Å². The van der Waals surface area contributed by atoms with Crippen LogP contribution in [-0.2, 0) is 10.0 Å². The number of halogens is 4. The molecule has 0 saturated heterocycles. The van der Waals surface area contributed by atoms with Gasteiger partial charge in [0.25, 0.3) is 0 Å². The van der Waals surface area contributed by atoms with E-state index in [1.807, 2.05) is 0 Å². The van der Waals surface area contributed by atoms with Gasteiger partial charge in [0.15, 0.2) is 17.5 Å². The Balaban J connectivity index is 2.27. The van der Waals surface area contributed by atoms with Crippen molar-refractivity contribution in [3.05, 3.63) is 52.5 Å². The average Bonchev–Trinajstić information content (AvgIpc) is 2.93. The molecule has 0 atom stereocenters. The average molecular weight is 448 g/mol. The zero-order valence-electron chi connectivity index (χ0n) is 13.4. The van der Waals surface area contributed by atoms with E-state index in [4.69, 9.17) is 0 Å². The van der Waals surface area contributed by atoms with Gasteiger partial charge in [0.2, 0.25) is 10.0 Å². The molecule has 0 bridgehead atoms. The van der Waals surface area contributed by atoms with Gasteiger partial charge in [0, 0.05) is 28.2 Å². The Kier molecular flexibility index (Phi) is 4.98. The highest BCUT2D eigenvalue weighted by molar-refractivity contribution is 9.10. The first kappa shape index (κ1) is 18.7. The summed E-state index contributed by atoms with van der Waals surface area (Å²) in [6.07, 6.45) is 3.09. The third-order valence-corrected chi connectivity index (χ3v) is 6.19. The molecule has 0 amide bonds. The molecule has 0 saturated carbocycles. The van der Waals surface area contributed by atoms with Crippen LogP contribution in [-0.4, -0.2) is 24.1 Å². The molecule has 0 aliphatic heterocycles. The van der Waals surface area contributed by atoms with Gasteiger partial charge in [-0.2, -0.15) is 0 Å². The minimum Gasteiger partial charge on any atom is -0.345 e. The molecule has 0 radical (unpaired) electrons. The van der Waals surface area contributed by atoms with Crippen LogP contribution < -0.4 is 4.31 Å². The summed E-state index contributed by atoms with van der Waals surface area (Å²) >= 11 is 3.30. The van der Waals surface area contributed by atoms with Gasteiger partial charge in [-0.15, -0.1) is 0 Å². The summed E-state index contributed by atoms with van der Waals surface area (Å²) in [5.74, 6) is -4.26. The lowest BCUT2D eigenvalue weighted by Crippen LogP contribution is -2.29. The van der Waals surface area contributed by atoms with Crippen molar-refractivity contribution in [1.82, 2.24) is 9.97 Å². The lowest BCUT2D eigenvalue weighted by Gasteiger charge is -2.24. The van der Waals surface area contributed by atoms with Crippen LogP contribution in [0.25, 0.3) is 11.0 Å². The Labute approximate surface area is 156 Å². The second kappa shape index (κ2) is 6.92. The maximum absolute atomic E-state index is 14.3. The number of pyridine rings is 1. The van der Waals surface area contributed by atoms with Crippen molar-refractivity contribution in [3.63, 3.8) is 0 Å². The third-order valence-electron chi connectivity index (χ3n) is 3.65. The Morgan fingerprint density at radius 1 is 1.15 bits per heavy atom. The van der Waals surface area contributed by atoms with E-state index >= 15 is 0 Å². The summed E-state index contributed by atoms with van der Waals surface area (Å²) in [5.41, 5.74) is -0.111. The fourth-order valence-corrected chi connectivity index (χ4v) is 4.51. The lowest BCUT2D eigenvalue weighted by molar-refractivity contribution is 0.495. The van der Waals surface area contributed by atoms with Crippen molar-refractivity contribution in [2.75, 3.05) is 10.1 Å². The molecule has 2 aromatic heterocycles. The van der Waals surface area contributed by atoms with Crippen molar-refractivity contribution >= 4 is 48.4 Å². The molecule has 0 spiro atoms. The quantitative estimate of drug-likeness (QED) is 0.580. The minimum absolute atomic E-state index is 0.0103. The summed E-state index contributed by atoms with van der Waals surface area (Å²) in [6.45, 7) is 1.64. The predicted octanol–water partition coefficient (Wildman–Crippen LogP) is 4.62. The van der Waals surface area contributed by atoms with Gasteiger partial charge in [-0.1, -0.05) is 6.92 Å². The molecule has 26 heavy (non-hydrogen) atoms. The first-order valence-corrected chi connectivity index (χ1v) is 9.95. The Bertz CT molecular complexity index is 1090. The van der Waals surface area contributed by atoms with Gasteiger partial charge >= 0.3 is 0 Å². The molecule has 3 rings (SSSR count). The summed E-state index contributed by atoms with van der Waals surface area (Å²) < 4.78 is 68.0. The van der Waals surface area contributed by atoms with Crippen LogP contribution >= 0.6 is 15.9 Å². The number of benzene rings is 1. The highest BCUT2D eigenvalue weighted by Gasteiger charge is 2.28. The highest BCUT2D eigenvalue weighted by atomic mass is 79.9. The maximum atomic E-state index is 14.3. The molecular weight excluding hydrogens is 435 g/mol. The monoisotopic (exact) mass is 447 g/mol. The van der Waals surface area contributed by atoms with E-state index in [0.29, 0.717) is 31.9 Å². The van der Waals surface area contributed by atoms with Crippen molar-refractivity contribution < 1.29 is 21.6 Å². The van der Waals surface area contributed by atoms with Crippen LogP contribution in [0.3, 0.4) is 0 Å². The number of H-pyrrole nitrogens is 1. The molecule has 1 aromatic carbocycles. The van der Waals surface area contributed by atoms with Crippen molar-refractivity contribution in [1.29, 1.82) is 0 Å². The first-order chi connectivity index (χ1) is 12.2. The largest absolute Gasteiger partial charge is 0.345 e. The van der Waals surface area contributed by atoms with E-state index < -0.39 is 33.2 Å². The van der Waals surface area contributed by atoms with Gasteiger partial charge in [-0.05, 0) is 28.4 Å². The van der Waals surface area contributed by atoms with Crippen LogP contribution in [0, 0.1) is 17.5 Å². The number of fused-ring (bicyclic) bond motifs is 1. The van der Waals surface area contributed by atoms with E-state index in [0.717, 1.165) is 0 Å². The summed E-state index contributed by atoms with van der Waals surface area (Å²) in [7, 11) is -4.06. The molecule has 0 unspecified atom stereocenters. The Hall–Kier alpha value is -2.07. The zero-order chi connectivity index (χ0) is 19.1. The van der Waals surface area contributed by atoms with Gasteiger partial charge in [-0.25, -0.2) is 30.9 Å². The van der Waals surface area contributed by atoms with Crippen molar-refractivity contribution in [2.24, 2.45) is 0 Å². The lowest BCUT2D eigenvalue weighted by atomic mass is 10.2. The van der Waals surface area contributed by atoms with Crippen LogP contribution in [0.2, 0.25) is 0 Å². The number of rotatable bonds is 5. The second-order valence-corrected chi connectivity index (χ2v) is 8.32. The normalized spacial score (nSPS) is 11.9. The van der Waals surface area contributed by atoms with Crippen LogP contribution in [0.5, 0.6) is 0 Å². The van der Waals surface area contributed by atoms with E-state index in [9.17, 15) is 21.6 Å². The van der Waals surface area contributed by atoms with E-state index in [2.05, 4.69) is 25.9 Å². The van der Waals surface area contributed by atoms with Gasteiger partial charge < -0.3 is 4.98 Å².